The molecular weight excluding hydrogens is 453 g/mol. The molecule has 33 heavy (non-hydrogen) atoms. The molecule has 0 spiro atoms. The average Bonchev–Trinajstić information content (AvgIpc) is 2.86. The predicted octanol–water partition coefficient (Wildman–Crippen LogP) is 3.55. The fraction of sp³-hybridized carbons (Fsp3) is 0.240. The van der Waals surface area contributed by atoms with Crippen LogP contribution in [0.1, 0.15) is 5.56 Å². The average molecular weight is 478 g/mol. The number of aromatic nitrogens is 1. The number of nitrogens with zero attached hydrogens (tertiary/aromatic N) is 4. The molecule has 1 aromatic heterocycles. The minimum atomic E-state index is 0.373. The molecule has 2 heterocycles. The van der Waals surface area contributed by atoms with Crippen LogP contribution in [0.3, 0.4) is 0 Å². The Morgan fingerprint density at radius 1 is 1.21 bits per heavy atom. The maximum atomic E-state index is 9.80. The number of benzene rings is 2. The quantitative estimate of drug-likeness (QED) is 0.497. The van der Waals surface area contributed by atoms with Crippen molar-refractivity contribution in [2.24, 2.45) is 0 Å². The molecule has 0 atom stereocenters. The van der Waals surface area contributed by atoms with Crippen molar-refractivity contribution in [1.82, 2.24) is 9.88 Å². The Morgan fingerprint density at radius 3 is 2.64 bits per heavy atom. The number of hydrogen-bond acceptors (Lipinski definition) is 7. The number of nitrogens with one attached hydrogen (secondary N) is 1. The van der Waals surface area contributed by atoms with Crippen LogP contribution in [0.15, 0.2) is 61.3 Å². The summed E-state index contributed by atoms with van der Waals surface area (Å²) in [5, 5.41) is 14.1. The molecule has 0 amide bonds. The second-order valence-electron chi connectivity index (χ2n) is 7.54. The van der Waals surface area contributed by atoms with E-state index in [9.17, 15) is 5.26 Å². The van der Waals surface area contributed by atoms with Gasteiger partial charge in [0.15, 0.2) is 0 Å². The van der Waals surface area contributed by atoms with Crippen molar-refractivity contribution in [3.05, 3.63) is 66.9 Å². The van der Waals surface area contributed by atoms with Crippen LogP contribution in [-0.2, 0) is 17.0 Å². The van der Waals surface area contributed by atoms with Gasteiger partial charge in [-0.25, -0.2) is 0 Å². The molecule has 4 rings (SSSR count). The van der Waals surface area contributed by atoms with Crippen LogP contribution >= 0.6 is 0 Å². The summed E-state index contributed by atoms with van der Waals surface area (Å²) in [6.07, 6.45) is 3.32. The molecule has 8 heteroatoms. The van der Waals surface area contributed by atoms with Gasteiger partial charge >= 0.3 is 190 Å². The number of fused-ring (bicyclic) bond motifs is 1. The Morgan fingerprint density at radius 2 is 1.97 bits per heavy atom. The van der Waals surface area contributed by atoms with Crippen LogP contribution in [0, 0.1) is 11.3 Å². The number of para-hydroxylation sites is 1. The molecule has 1 N–H and O–H groups in total. The van der Waals surface area contributed by atoms with Crippen molar-refractivity contribution >= 4 is 26.8 Å². The topological polar surface area (TPSA) is 73.7 Å². The summed E-state index contributed by atoms with van der Waals surface area (Å²) in [5.41, 5.74) is 3.26. The molecule has 0 saturated carbocycles. The Hall–Kier alpha value is -3.31. The number of anilines is 2. The van der Waals surface area contributed by atoms with Gasteiger partial charge in [0.25, 0.3) is 0 Å². The molecule has 0 bridgehead atoms. The molecular formula is C25H25N5O2V. The fourth-order valence-corrected chi connectivity index (χ4v) is 4.41. The van der Waals surface area contributed by atoms with E-state index in [1.54, 1.807) is 19.4 Å². The van der Waals surface area contributed by atoms with E-state index in [2.05, 4.69) is 49.7 Å². The molecule has 1 saturated heterocycles. The van der Waals surface area contributed by atoms with Crippen LogP contribution < -0.4 is 19.7 Å². The van der Waals surface area contributed by atoms with Crippen molar-refractivity contribution in [3.8, 4) is 17.6 Å². The monoisotopic (exact) mass is 478 g/mol. The van der Waals surface area contributed by atoms with Crippen molar-refractivity contribution in [1.29, 1.82) is 5.26 Å². The van der Waals surface area contributed by atoms with Crippen molar-refractivity contribution in [3.63, 3.8) is 0 Å². The van der Waals surface area contributed by atoms with E-state index in [1.165, 1.54) is 0 Å². The Balaban J connectivity index is 1.58. The Labute approximate surface area is 202 Å². The molecule has 2 aromatic carbocycles. The molecule has 167 valence electrons. The van der Waals surface area contributed by atoms with Gasteiger partial charge in [-0.1, -0.05) is 12.7 Å². The first kappa shape index (κ1) is 22.9. The van der Waals surface area contributed by atoms with E-state index < -0.39 is 0 Å². The van der Waals surface area contributed by atoms with Gasteiger partial charge in [0.1, 0.15) is 0 Å². The summed E-state index contributed by atoms with van der Waals surface area (Å²) in [6, 6.07) is 16.2. The molecule has 3 aromatic rings. The summed E-state index contributed by atoms with van der Waals surface area (Å²) in [6.45, 7) is 7.29. The molecule has 0 aliphatic carbocycles. The van der Waals surface area contributed by atoms with Gasteiger partial charge in [0.05, 0.1) is 0 Å². The second-order valence-corrected chi connectivity index (χ2v) is 8.20. The number of pyridine rings is 1. The van der Waals surface area contributed by atoms with Gasteiger partial charge in [0.2, 0.25) is 0 Å². The van der Waals surface area contributed by atoms with Gasteiger partial charge in [-0.2, -0.15) is 0 Å². The molecule has 0 unspecified atom stereocenters. The van der Waals surface area contributed by atoms with Crippen LogP contribution in [0.2, 0.25) is 0 Å². The zero-order valence-electron chi connectivity index (χ0n) is 18.5. The SMILES string of the molecule is C=CCOc1cc2ncc(C#N)c(N3CCN([C](=[V])Nc4ccccc4)CC3)c2cc1OC. The molecule has 0 radical (unpaired) electrons. The van der Waals surface area contributed by atoms with E-state index in [0.29, 0.717) is 23.7 Å². The first-order valence-electron chi connectivity index (χ1n) is 10.7. The van der Waals surface area contributed by atoms with E-state index in [-0.39, 0.29) is 0 Å². The molecule has 1 aliphatic rings. The number of nitriles is 1. The third-order valence-electron chi connectivity index (χ3n) is 5.53. The van der Waals surface area contributed by atoms with Gasteiger partial charge in [-0.15, -0.1) is 0 Å². The van der Waals surface area contributed by atoms with E-state index in [4.69, 9.17) is 9.47 Å². The van der Waals surface area contributed by atoms with Gasteiger partial charge in [-0.05, 0) is 0 Å². The third kappa shape index (κ3) is 5.04. The number of piperazine rings is 1. The van der Waals surface area contributed by atoms with Crippen LogP contribution in [0.25, 0.3) is 10.9 Å². The van der Waals surface area contributed by atoms with E-state index in [0.717, 1.165) is 52.9 Å². The van der Waals surface area contributed by atoms with Crippen LogP contribution in [0.4, 0.5) is 11.4 Å². The van der Waals surface area contributed by atoms with Crippen molar-refractivity contribution < 1.29 is 26.5 Å². The van der Waals surface area contributed by atoms with Crippen LogP contribution in [0.5, 0.6) is 11.5 Å². The zero-order valence-corrected chi connectivity index (χ0v) is 19.9. The van der Waals surface area contributed by atoms with Gasteiger partial charge < -0.3 is 0 Å². The summed E-state index contributed by atoms with van der Waals surface area (Å²) in [7, 11) is 1.61. The first-order valence-corrected chi connectivity index (χ1v) is 11.4. The first-order chi connectivity index (χ1) is 16.1. The maximum absolute atomic E-state index is 9.80. The molecule has 7 nitrogen and oxygen atoms in total. The van der Waals surface area contributed by atoms with Crippen LogP contribution in [-0.4, -0.2) is 54.3 Å². The zero-order chi connectivity index (χ0) is 23.2. The van der Waals surface area contributed by atoms with Gasteiger partial charge in [0, 0.05) is 0 Å². The molecule has 1 fully saturated rings. The van der Waals surface area contributed by atoms with Crippen molar-refractivity contribution in [2.75, 3.05) is 50.1 Å². The summed E-state index contributed by atoms with van der Waals surface area (Å²) in [5.74, 6) is 1.21. The van der Waals surface area contributed by atoms with Crippen molar-refractivity contribution in [2.45, 2.75) is 0 Å². The number of methoxy groups -OCH3 is 1. The Kier molecular flexibility index (Phi) is 7.31. The van der Waals surface area contributed by atoms with E-state index >= 15 is 0 Å². The van der Waals surface area contributed by atoms with Gasteiger partial charge in [-0.3, -0.25) is 0 Å². The fourth-order valence-electron chi connectivity index (χ4n) is 3.90. The number of ether oxygens (including phenoxy) is 2. The van der Waals surface area contributed by atoms with E-state index in [1.807, 2.05) is 42.5 Å². The number of hydrogen-bond donors (Lipinski definition) is 1. The normalized spacial score (nSPS) is 13.8. The Bertz CT molecular complexity index is 1200. The predicted molar refractivity (Wildman–Crippen MR) is 128 cm³/mol. The molecule has 1 aliphatic heterocycles. The summed E-state index contributed by atoms with van der Waals surface area (Å²) in [4.78, 5) is 9.07. The second kappa shape index (κ2) is 10.5. The number of rotatable bonds is 8. The summed E-state index contributed by atoms with van der Waals surface area (Å²) < 4.78 is 12.4. The standard InChI is InChI=1S/C25H25N5O2.V/c1-3-13-32-24-15-22-21(14-23(24)31-2)25(19(16-26)17-27-22)30-11-9-29(10-12-30)18-28-20-7-5-4-6-8-20;/h3-8,14-15,17,28H,1,9-13H2,2H3;. The summed E-state index contributed by atoms with van der Waals surface area (Å²) >= 11 is 2.63. The third-order valence-corrected chi connectivity index (χ3v) is 6.14. The minimum absolute atomic E-state index is 0.373.